The van der Waals surface area contributed by atoms with Crippen LogP contribution in [0, 0.1) is 18.3 Å². The van der Waals surface area contributed by atoms with Crippen LogP contribution in [-0.2, 0) is 11.3 Å². The van der Waals surface area contributed by atoms with Crippen LogP contribution in [0.2, 0.25) is 0 Å². The molecule has 4 heteroatoms. The second kappa shape index (κ2) is 4.50. The Morgan fingerprint density at radius 2 is 2.56 bits per heavy atom. The number of nitriles is 1. The van der Waals surface area contributed by atoms with E-state index in [1.165, 1.54) is 0 Å². The predicted octanol–water partition coefficient (Wildman–Crippen LogP) is 1.66. The monoisotopic (exact) mass is 218 g/mol. The fourth-order valence-corrected chi connectivity index (χ4v) is 2.11. The zero-order valence-electron chi connectivity index (χ0n) is 9.27. The van der Waals surface area contributed by atoms with Crippen molar-refractivity contribution < 1.29 is 9.53 Å². The van der Waals surface area contributed by atoms with Gasteiger partial charge in [0.25, 0.3) is 0 Å². The first kappa shape index (κ1) is 10.9. The van der Waals surface area contributed by atoms with Crippen molar-refractivity contribution in [2.45, 2.75) is 32.4 Å². The van der Waals surface area contributed by atoms with Crippen molar-refractivity contribution in [1.82, 2.24) is 4.57 Å². The topological polar surface area (TPSA) is 55.0 Å². The molecule has 1 saturated heterocycles. The zero-order chi connectivity index (χ0) is 11.5. The molecule has 0 aliphatic carbocycles. The zero-order valence-corrected chi connectivity index (χ0v) is 9.27. The van der Waals surface area contributed by atoms with Crippen molar-refractivity contribution in [2.24, 2.45) is 0 Å². The van der Waals surface area contributed by atoms with Crippen LogP contribution in [0.15, 0.2) is 6.07 Å². The normalized spacial score (nSPS) is 19.6. The average molecular weight is 218 g/mol. The molecule has 0 bridgehead atoms. The first-order chi connectivity index (χ1) is 7.76. The number of aldehydes is 1. The van der Waals surface area contributed by atoms with Crippen molar-refractivity contribution in [1.29, 1.82) is 5.26 Å². The SMILES string of the molecule is Cc1c(C#N)cc(C=O)n1C[C@@H]1CCCO1. The van der Waals surface area contributed by atoms with Gasteiger partial charge < -0.3 is 9.30 Å². The summed E-state index contributed by atoms with van der Waals surface area (Å²) in [4.78, 5) is 10.9. The standard InChI is InChI=1S/C12H14N2O2/c1-9-10(6-13)5-11(8-15)14(9)7-12-3-2-4-16-12/h5,8,12H,2-4,7H2,1H3/t12-/m0/s1. The third kappa shape index (κ3) is 1.86. The molecule has 1 aromatic rings. The van der Waals surface area contributed by atoms with Crippen molar-refractivity contribution in [3.63, 3.8) is 0 Å². The molecule has 0 spiro atoms. The van der Waals surface area contributed by atoms with E-state index in [-0.39, 0.29) is 6.10 Å². The van der Waals surface area contributed by atoms with Crippen molar-refractivity contribution in [3.8, 4) is 6.07 Å². The Hall–Kier alpha value is -1.60. The van der Waals surface area contributed by atoms with E-state index in [2.05, 4.69) is 6.07 Å². The van der Waals surface area contributed by atoms with Gasteiger partial charge in [-0.25, -0.2) is 0 Å². The Labute approximate surface area is 94.4 Å². The maximum atomic E-state index is 10.9. The lowest BCUT2D eigenvalue weighted by Crippen LogP contribution is -2.17. The van der Waals surface area contributed by atoms with E-state index >= 15 is 0 Å². The highest BCUT2D eigenvalue weighted by molar-refractivity contribution is 5.74. The molecule has 1 atom stereocenters. The van der Waals surface area contributed by atoms with E-state index in [0.29, 0.717) is 17.8 Å². The van der Waals surface area contributed by atoms with E-state index in [0.717, 1.165) is 31.4 Å². The van der Waals surface area contributed by atoms with Crippen LogP contribution in [0.4, 0.5) is 0 Å². The van der Waals surface area contributed by atoms with Gasteiger partial charge in [-0.15, -0.1) is 0 Å². The number of carbonyl (C=O) groups is 1. The van der Waals surface area contributed by atoms with Crippen LogP contribution in [0.25, 0.3) is 0 Å². The third-order valence-electron chi connectivity index (χ3n) is 3.05. The summed E-state index contributed by atoms with van der Waals surface area (Å²) in [7, 11) is 0. The molecule has 1 aliphatic rings. The molecule has 0 unspecified atom stereocenters. The van der Waals surface area contributed by atoms with Crippen molar-refractivity contribution >= 4 is 6.29 Å². The summed E-state index contributed by atoms with van der Waals surface area (Å²) in [6.07, 6.45) is 3.07. The predicted molar refractivity (Wildman–Crippen MR) is 58.2 cm³/mol. The molecule has 2 heterocycles. The van der Waals surface area contributed by atoms with Gasteiger partial charge in [0.1, 0.15) is 6.07 Å². The molecule has 0 radical (unpaired) electrons. The van der Waals surface area contributed by atoms with Gasteiger partial charge in [-0.05, 0) is 25.8 Å². The number of carbonyl (C=O) groups excluding carboxylic acids is 1. The maximum Gasteiger partial charge on any atom is 0.166 e. The molecule has 16 heavy (non-hydrogen) atoms. The van der Waals surface area contributed by atoms with E-state index in [9.17, 15) is 4.79 Å². The molecular formula is C12H14N2O2. The Kier molecular flexibility index (Phi) is 3.07. The second-order valence-electron chi connectivity index (χ2n) is 4.04. The van der Waals surface area contributed by atoms with Crippen LogP contribution < -0.4 is 0 Å². The van der Waals surface area contributed by atoms with Gasteiger partial charge in [-0.2, -0.15) is 5.26 Å². The largest absolute Gasteiger partial charge is 0.376 e. The molecule has 1 fully saturated rings. The molecule has 4 nitrogen and oxygen atoms in total. The average Bonchev–Trinajstić information content (AvgIpc) is 2.89. The summed E-state index contributed by atoms with van der Waals surface area (Å²) in [5, 5.41) is 8.90. The van der Waals surface area contributed by atoms with Crippen molar-refractivity contribution in [3.05, 3.63) is 23.0 Å². The molecule has 0 aromatic carbocycles. The number of nitrogens with zero attached hydrogens (tertiary/aromatic N) is 2. The Balaban J connectivity index is 2.27. The maximum absolute atomic E-state index is 10.9. The molecule has 1 aliphatic heterocycles. The van der Waals surface area contributed by atoms with Crippen LogP contribution in [0.3, 0.4) is 0 Å². The second-order valence-corrected chi connectivity index (χ2v) is 4.04. The summed E-state index contributed by atoms with van der Waals surface area (Å²) in [6.45, 7) is 3.33. The number of ether oxygens (including phenoxy) is 1. The van der Waals surface area contributed by atoms with Crippen LogP contribution >= 0.6 is 0 Å². The highest BCUT2D eigenvalue weighted by Gasteiger charge is 2.19. The summed E-state index contributed by atoms with van der Waals surface area (Å²) in [5.41, 5.74) is 1.98. The van der Waals surface area contributed by atoms with Crippen LogP contribution in [0.5, 0.6) is 0 Å². The lowest BCUT2D eigenvalue weighted by atomic mass is 10.2. The van der Waals surface area contributed by atoms with Gasteiger partial charge in [-0.3, -0.25) is 4.79 Å². The van der Waals surface area contributed by atoms with Gasteiger partial charge in [-0.1, -0.05) is 0 Å². The minimum atomic E-state index is 0.177. The molecule has 84 valence electrons. The first-order valence-electron chi connectivity index (χ1n) is 5.43. The number of hydrogen-bond acceptors (Lipinski definition) is 3. The summed E-state index contributed by atoms with van der Waals surface area (Å²) < 4.78 is 7.41. The molecular weight excluding hydrogens is 204 g/mol. The van der Waals surface area contributed by atoms with Gasteiger partial charge in [0.15, 0.2) is 6.29 Å². The van der Waals surface area contributed by atoms with Crippen LogP contribution in [-0.4, -0.2) is 23.6 Å². The van der Waals surface area contributed by atoms with Crippen molar-refractivity contribution in [2.75, 3.05) is 6.61 Å². The summed E-state index contributed by atoms with van der Waals surface area (Å²) >= 11 is 0. The number of hydrogen-bond donors (Lipinski definition) is 0. The fraction of sp³-hybridized carbons (Fsp3) is 0.500. The van der Waals surface area contributed by atoms with Gasteiger partial charge in [0.2, 0.25) is 0 Å². The van der Waals surface area contributed by atoms with E-state index in [1.54, 1.807) is 6.07 Å². The van der Waals surface area contributed by atoms with Crippen LogP contribution in [0.1, 0.15) is 34.6 Å². The highest BCUT2D eigenvalue weighted by atomic mass is 16.5. The minimum Gasteiger partial charge on any atom is -0.376 e. The van der Waals surface area contributed by atoms with E-state index < -0.39 is 0 Å². The summed E-state index contributed by atoms with van der Waals surface area (Å²) in [6, 6.07) is 3.73. The molecule has 0 amide bonds. The number of rotatable bonds is 3. The van der Waals surface area contributed by atoms with E-state index in [4.69, 9.17) is 10.00 Å². The molecule has 2 rings (SSSR count). The quantitative estimate of drug-likeness (QED) is 0.725. The lowest BCUT2D eigenvalue weighted by Gasteiger charge is -2.13. The Morgan fingerprint density at radius 3 is 3.12 bits per heavy atom. The minimum absolute atomic E-state index is 0.177. The van der Waals surface area contributed by atoms with Gasteiger partial charge >= 0.3 is 0 Å². The molecule has 1 aromatic heterocycles. The molecule has 0 N–H and O–H groups in total. The van der Waals surface area contributed by atoms with Gasteiger partial charge in [0.05, 0.1) is 17.4 Å². The smallest absolute Gasteiger partial charge is 0.166 e. The van der Waals surface area contributed by atoms with E-state index in [1.807, 2.05) is 11.5 Å². The Bertz CT molecular complexity index is 437. The first-order valence-corrected chi connectivity index (χ1v) is 5.43. The number of aromatic nitrogens is 1. The third-order valence-corrected chi connectivity index (χ3v) is 3.05. The lowest BCUT2D eigenvalue weighted by molar-refractivity contribution is 0.0948. The molecule has 0 saturated carbocycles. The fourth-order valence-electron chi connectivity index (χ4n) is 2.11. The Morgan fingerprint density at radius 1 is 1.75 bits per heavy atom. The summed E-state index contributed by atoms with van der Waals surface area (Å²) in [5.74, 6) is 0. The van der Waals surface area contributed by atoms with Gasteiger partial charge in [0, 0.05) is 18.8 Å². The highest BCUT2D eigenvalue weighted by Crippen LogP contribution is 2.19.